The molecule has 2 rings (SSSR count). The number of likely N-dealkylation sites (tertiary alicyclic amines) is 1. The first-order valence-electron chi connectivity index (χ1n) is 5.78. The van der Waals surface area contributed by atoms with Crippen LogP contribution < -0.4 is 0 Å². The number of rotatable bonds is 2. The molecule has 0 aromatic heterocycles. The van der Waals surface area contributed by atoms with Crippen molar-refractivity contribution in [1.82, 2.24) is 4.90 Å². The van der Waals surface area contributed by atoms with Crippen molar-refractivity contribution in [2.24, 2.45) is 0 Å². The molecule has 1 heterocycles. The van der Waals surface area contributed by atoms with Gasteiger partial charge in [-0.3, -0.25) is 4.90 Å². The first kappa shape index (κ1) is 12.5. The van der Waals surface area contributed by atoms with Crippen molar-refractivity contribution in [2.75, 3.05) is 6.54 Å². The number of nitrogens with zero attached hydrogens (tertiary/aromatic N) is 2. The van der Waals surface area contributed by atoms with Crippen LogP contribution in [0.2, 0.25) is 0 Å². The number of nitriles is 1. The molecule has 0 radical (unpaired) electrons. The number of benzene rings is 1. The van der Waals surface area contributed by atoms with Gasteiger partial charge in [0.05, 0.1) is 12.1 Å². The summed E-state index contributed by atoms with van der Waals surface area (Å²) in [6.07, 6.45) is 3.08. The van der Waals surface area contributed by atoms with Crippen LogP contribution in [0.25, 0.3) is 0 Å². The lowest BCUT2D eigenvalue weighted by atomic mass is 10.0. The van der Waals surface area contributed by atoms with Crippen molar-refractivity contribution in [3.8, 4) is 6.07 Å². The zero-order valence-corrected chi connectivity index (χ0v) is 11.1. The summed E-state index contributed by atoms with van der Waals surface area (Å²) in [4.78, 5) is 2.06. The minimum atomic E-state index is -0.199. The fourth-order valence-electron chi connectivity index (χ4n) is 2.21. The molecule has 0 amide bonds. The first-order valence-corrected chi connectivity index (χ1v) is 6.57. The molecule has 1 aliphatic rings. The summed E-state index contributed by atoms with van der Waals surface area (Å²) in [6, 6.07) is 7.18. The van der Waals surface area contributed by atoms with Gasteiger partial charge in [-0.25, -0.2) is 4.39 Å². The second kappa shape index (κ2) is 5.61. The van der Waals surface area contributed by atoms with Gasteiger partial charge in [0.15, 0.2) is 0 Å². The molecule has 90 valence electrons. The lowest BCUT2D eigenvalue weighted by molar-refractivity contribution is 0.174. The molecule has 2 nitrogen and oxygen atoms in total. The van der Waals surface area contributed by atoms with E-state index in [4.69, 9.17) is 5.26 Å². The Labute approximate surface area is 109 Å². The summed E-state index contributed by atoms with van der Waals surface area (Å²) >= 11 is 3.34. The van der Waals surface area contributed by atoms with Crippen LogP contribution in [0.1, 0.15) is 24.8 Å². The van der Waals surface area contributed by atoms with E-state index < -0.39 is 0 Å². The highest BCUT2D eigenvalue weighted by atomic mass is 79.9. The van der Waals surface area contributed by atoms with Gasteiger partial charge in [-0.05, 0) is 44.0 Å². The van der Waals surface area contributed by atoms with Crippen LogP contribution in [0.3, 0.4) is 0 Å². The Bertz CT molecular complexity index is 442. The van der Waals surface area contributed by atoms with Crippen LogP contribution in [0.15, 0.2) is 22.7 Å². The van der Waals surface area contributed by atoms with Crippen molar-refractivity contribution in [3.63, 3.8) is 0 Å². The standard InChI is InChI=1S/C13H14BrFN2/c14-11-4-5-13(15)10(7-11)9-17-6-2-1-3-12(17)8-16/h4-5,7,12H,1-3,6,9H2. The van der Waals surface area contributed by atoms with Gasteiger partial charge in [0.1, 0.15) is 5.82 Å². The highest BCUT2D eigenvalue weighted by Gasteiger charge is 2.22. The largest absolute Gasteiger partial charge is 0.284 e. The average Bonchev–Trinajstić information content (AvgIpc) is 2.34. The van der Waals surface area contributed by atoms with Crippen LogP contribution in [-0.4, -0.2) is 17.5 Å². The number of piperidine rings is 1. The van der Waals surface area contributed by atoms with Gasteiger partial charge in [0, 0.05) is 16.6 Å². The second-order valence-electron chi connectivity index (χ2n) is 4.35. The molecule has 0 spiro atoms. The van der Waals surface area contributed by atoms with E-state index in [1.54, 1.807) is 12.1 Å². The SMILES string of the molecule is N#CC1CCCCN1Cc1cc(Br)ccc1F. The summed E-state index contributed by atoms with van der Waals surface area (Å²) in [5, 5.41) is 9.07. The van der Waals surface area contributed by atoms with Crippen LogP contribution in [0.4, 0.5) is 4.39 Å². The van der Waals surface area contributed by atoms with Crippen molar-refractivity contribution >= 4 is 15.9 Å². The lowest BCUT2D eigenvalue weighted by Crippen LogP contribution is -2.38. The Morgan fingerprint density at radius 1 is 1.47 bits per heavy atom. The number of hydrogen-bond donors (Lipinski definition) is 0. The Morgan fingerprint density at radius 3 is 3.06 bits per heavy atom. The maximum atomic E-state index is 13.6. The summed E-state index contributed by atoms with van der Waals surface area (Å²) in [7, 11) is 0. The minimum Gasteiger partial charge on any atom is -0.284 e. The van der Waals surface area contributed by atoms with E-state index >= 15 is 0 Å². The normalized spacial score (nSPS) is 21.1. The Morgan fingerprint density at radius 2 is 2.29 bits per heavy atom. The molecule has 1 aromatic rings. The fourth-order valence-corrected chi connectivity index (χ4v) is 2.62. The van der Waals surface area contributed by atoms with E-state index in [0.29, 0.717) is 12.1 Å². The zero-order chi connectivity index (χ0) is 12.3. The highest BCUT2D eigenvalue weighted by molar-refractivity contribution is 9.10. The molecule has 1 unspecified atom stereocenters. The monoisotopic (exact) mass is 296 g/mol. The number of hydrogen-bond acceptors (Lipinski definition) is 2. The van der Waals surface area contributed by atoms with Crippen LogP contribution >= 0.6 is 15.9 Å². The molecular weight excluding hydrogens is 283 g/mol. The average molecular weight is 297 g/mol. The Balaban J connectivity index is 2.14. The molecule has 17 heavy (non-hydrogen) atoms. The predicted molar refractivity (Wildman–Crippen MR) is 67.8 cm³/mol. The fraction of sp³-hybridized carbons (Fsp3) is 0.462. The third-order valence-electron chi connectivity index (χ3n) is 3.14. The molecule has 0 aliphatic carbocycles. The van der Waals surface area contributed by atoms with Crippen molar-refractivity contribution in [3.05, 3.63) is 34.1 Å². The molecular formula is C13H14BrFN2. The van der Waals surface area contributed by atoms with Gasteiger partial charge in [-0.1, -0.05) is 15.9 Å². The molecule has 1 saturated heterocycles. The van der Waals surface area contributed by atoms with E-state index in [1.165, 1.54) is 6.07 Å². The Hall–Kier alpha value is -0.920. The molecule has 1 atom stereocenters. The van der Waals surface area contributed by atoms with Crippen LogP contribution in [0.5, 0.6) is 0 Å². The van der Waals surface area contributed by atoms with Crippen molar-refractivity contribution in [2.45, 2.75) is 31.8 Å². The topological polar surface area (TPSA) is 27.0 Å². The number of halogens is 2. The van der Waals surface area contributed by atoms with Crippen molar-refractivity contribution < 1.29 is 4.39 Å². The van der Waals surface area contributed by atoms with E-state index in [9.17, 15) is 4.39 Å². The lowest BCUT2D eigenvalue weighted by Gasteiger charge is -2.31. The third-order valence-corrected chi connectivity index (χ3v) is 3.64. The molecule has 1 aromatic carbocycles. The molecule has 0 bridgehead atoms. The molecule has 4 heteroatoms. The highest BCUT2D eigenvalue weighted by Crippen LogP contribution is 2.22. The predicted octanol–water partition coefficient (Wildman–Crippen LogP) is 3.47. The van der Waals surface area contributed by atoms with E-state index in [0.717, 1.165) is 30.3 Å². The maximum Gasteiger partial charge on any atom is 0.127 e. The van der Waals surface area contributed by atoms with E-state index in [1.807, 2.05) is 0 Å². The Kier molecular flexibility index (Phi) is 4.14. The maximum absolute atomic E-state index is 13.6. The molecule has 0 saturated carbocycles. The van der Waals surface area contributed by atoms with Gasteiger partial charge in [0.2, 0.25) is 0 Å². The summed E-state index contributed by atoms with van der Waals surface area (Å²) in [6.45, 7) is 1.40. The minimum absolute atomic E-state index is 0.0675. The molecule has 1 fully saturated rings. The van der Waals surface area contributed by atoms with Crippen LogP contribution in [0, 0.1) is 17.1 Å². The van der Waals surface area contributed by atoms with Gasteiger partial charge in [0.25, 0.3) is 0 Å². The summed E-state index contributed by atoms with van der Waals surface area (Å²) in [5.41, 5.74) is 0.654. The van der Waals surface area contributed by atoms with Crippen LogP contribution in [-0.2, 0) is 6.54 Å². The van der Waals surface area contributed by atoms with E-state index in [-0.39, 0.29) is 11.9 Å². The van der Waals surface area contributed by atoms with Crippen molar-refractivity contribution in [1.29, 1.82) is 5.26 Å². The smallest absolute Gasteiger partial charge is 0.127 e. The second-order valence-corrected chi connectivity index (χ2v) is 5.26. The summed E-state index contributed by atoms with van der Waals surface area (Å²) in [5.74, 6) is -0.199. The van der Waals surface area contributed by atoms with Gasteiger partial charge >= 0.3 is 0 Å². The summed E-state index contributed by atoms with van der Waals surface area (Å²) < 4.78 is 14.5. The molecule has 1 aliphatic heterocycles. The zero-order valence-electron chi connectivity index (χ0n) is 9.50. The van der Waals surface area contributed by atoms with E-state index in [2.05, 4.69) is 26.9 Å². The third kappa shape index (κ3) is 3.05. The molecule has 0 N–H and O–H groups in total. The van der Waals surface area contributed by atoms with Gasteiger partial charge in [-0.15, -0.1) is 0 Å². The quantitative estimate of drug-likeness (QED) is 0.836. The first-order chi connectivity index (χ1) is 8.20. The van der Waals surface area contributed by atoms with Gasteiger partial charge in [-0.2, -0.15) is 5.26 Å². The van der Waals surface area contributed by atoms with Gasteiger partial charge < -0.3 is 0 Å².